The minimum absolute atomic E-state index is 0.0156. The highest BCUT2D eigenvalue weighted by atomic mass is 19.4. The Bertz CT molecular complexity index is 983. The highest BCUT2D eigenvalue weighted by Gasteiger charge is 2.32. The summed E-state index contributed by atoms with van der Waals surface area (Å²) in [7, 11) is 0. The number of halogens is 4. The Morgan fingerprint density at radius 1 is 1.24 bits per heavy atom. The van der Waals surface area contributed by atoms with Gasteiger partial charge in [0.05, 0.1) is 5.69 Å². The van der Waals surface area contributed by atoms with Gasteiger partial charge in [-0.25, -0.2) is 4.39 Å². The number of hydrogen-bond acceptors (Lipinski definition) is 4. The molecule has 1 N–H and O–H groups in total. The van der Waals surface area contributed by atoms with Crippen LogP contribution in [0.2, 0.25) is 0 Å². The lowest BCUT2D eigenvalue weighted by atomic mass is 9.95. The molecule has 2 aromatic rings. The Morgan fingerprint density at radius 2 is 2.00 bits per heavy atom. The van der Waals surface area contributed by atoms with Crippen molar-refractivity contribution in [2.75, 3.05) is 11.4 Å². The van der Waals surface area contributed by atoms with Crippen molar-refractivity contribution < 1.29 is 32.2 Å². The molecule has 2 aromatic carbocycles. The van der Waals surface area contributed by atoms with Crippen molar-refractivity contribution in [2.45, 2.75) is 32.2 Å². The minimum atomic E-state index is -4.97. The molecule has 1 heterocycles. The van der Waals surface area contributed by atoms with E-state index in [1.54, 1.807) is 17.0 Å². The summed E-state index contributed by atoms with van der Waals surface area (Å²) in [6.45, 7) is 0.636. The summed E-state index contributed by atoms with van der Waals surface area (Å²) >= 11 is 0. The molecule has 0 saturated heterocycles. The molecule has 0 atom stereocenters. The van der Waals surface area contributed by atoms with E-state index >= 15 is 0 Å². The van der Waals surface area contributed by atoms with Gasteiger partial charge >= 0.3 is 12.3 Å². The summed E-state index contributed by atoms with van der Waals surface area (Å²) in [4.78, 5) is 12.3. The number of fused-ring (bicyclic) bond motifs is 1. The number of rotatable bonds is 5. The van der Waals surface area contributed by atoms with Gasteiger partial charge in [0.2, 0.25) is 0 Å². The number of alkyl halides is 3. The zero-order valence-corrected chi connectivity index (χ0v) is 15.1. The number of aryl methyl sites for hydroxylation is 1. The number of hydrogen-bond donors (Lipinski definition) is 1. The highest BCUT2D eigenvalue weighted by Crippen LogP contribution is 2.34. The molecular formula is C20H16F4N2O3. The molecule has 0 amide bonds. The number of carboxylic acids is 1. The van der Waals surface area contributed by atoms with Crippen LogP contribution in [-0.4, -0.2) is 24.0 Å². The molecule has 0 aliphatic carbocycles. The number of nitrogens with zero attached hydrogens (tertiary/aromatic N) is 2. The highest BCUT2D eigenvalue weighted by molar-refractivity contribution is 5.67. The van der Waals surface area contributed by atoms with Gasteiger partial charge in [-0.3, -0.25) is 4.79 Å². The average molecular weight is 408 g/mol. The summed E-state index contributed by atoms with van der Waals surface area (Å²) in [5, 5.41) is 18.1. The van der Waals surface area contributed by atoms with Gasteiger partial charge in [-0.05, 0) is 29.5 Å². The van der Waals surface area contributed by atoms with E-state index in [-0.39, 0.29) is 24.2 Å². The topological polar surface area (TPSA) is 73.6 Å². The van der Waals surface area contributed by atoms with Crippen molar-refractivity contribution in [1.29, 1.82) is 5.26 Å². The second-order valence-electron chi connectivity index (χ2n) is 6.63. The van der Waals surface area contributed by atoms with Gasteiger partial charge in [0.1, 0.15) is 23.2 Å². The van der Waals surface area contributed by atoms with E-state index < -0.39 is 23.9 Å². The maximum absolute atomic E-state index is 14.2. The monoisotopic (exact) mass is 408 g/mol. The summed E-state index contributed by atoms with van der Waals surface area (Å²) < 4.78 is 55.6. The van der Waals surface area contributed by atoms with Crippen LogP contribution in [0.1, 0.15) is 28.7 Å². The summed E-state index contributed by atoms with van der Waals surface area (Å²) in [6, 6.07) is 8.78. The zero-order chi connectivity index (χ0) is 21.2. The predicted octanol–water partition coefficient (Wildman–Crippen LogP) is 4.18. The first-order valence-corrected chi connectivity index (χ1v) is 8.73. The van der Waals surface area contributed by atoms with Crippen LogP contribution in [0.15, 0.2) is 30.3 Å². The Morgan fingerprint density at radius 3 is 2.66 bits per heavy atom. The van der Waals surface area contributed by atoms with Gasteiger partial charge in [0.25, 0.3) is 0 Å². The molecule has 0 bridgehead atoms. The first-order chi connectivity index (χ1) is 13.7. The normalized spacial score (nSPS) is 13.6. The predicted molar refractivity (Wildman–Crippen MR) is 95.0 cm³/mol. The van der Waals surface area contributed by atoms with Crippen molar-refractivity contribution in [1.82, 2.24) is 0 Å². The molecule has 3 rings (SSSR count). The van der Waals surface area contributed by atoms with Crippen LogP contribution in [-0.2, 0) is 24.2 Å². The van der Waals surface area contributed by atoms with E-state index in [1.165, 1.54) is 0 Å². The second-order valence-corrected chi connectivity index (χ2v) is 6.63. The molecule has 29 heavy (non-hydrogen) atoms. The molecule has 0 fully saturated rings. The van der Waals surface area contributed by atoms with Crippen molar-refractivity contribution >= 4 is 11.7 Å². The van der Waals surface area contributed by atoms with Crippen LogP contribution in [0.5, 0.6) is 5.75 Å². The fourth-order valence-corrected chi connectivity index (χ4v) is 3.34. The Hall–Kier alpha value is -3.28. The Kier molecular flexibility index (Phi) is 5.64. The van der Waals surface area contributed by atoms with Gasteiger partial charge < -0.3 is 14.7 Å². The SMILES string of the molecule is N#Cc1c(F)cc(OC(F)(F)F)cc1N1CCc2cc(CCC(=O)O)ccc2C1. The molecule has 0 spiro atoms. The maximum Gasteiger partial charge on any atom is 0.573 e. The molecule has 0 unspecified atom stereocenters. The number of carbonyl (C=O) groups is 1. The molecule has 0 aromatic heterocycles. The van der Waals surface area contributed by atoms with Crippen LogP contribution in [0.25, 0.3) is 0 Å². The molecule has 1 aliphatic heterocycles. The number of anilines is 1. The summed E-state index contributed by atoms with van der Waals surface area (Å²) in [6.07, 6.45) is -4.04. The number of aliphatic carboxylic acids is 1. The molecule has 0 saturated carbocycles. The van der Waals surface area contributed by atoms with Crippen molar-refractivity contribution in [3.63, 3.8) is 0 Å². The van der Waals surface area contributed by atoms with Crippen molar-refractivity contribution in [3.05, 3.63) is 58.4 Å². The van der Waals surface area contributed by atoms with Crippen LogP contribution >= 0.6 is 0 Å². The fourth-order valence-electron chi connectivity index (χ4n) is 3.34. The molecule has 5 nitrogen and oxygen atoms in total. The van der Waals surface area contributed by atoms with Crippen LogP contribution < -0.4 is 9.64 Å². The van der Waals surface area contributed by atoms with Crippen LogP contribution in [0.4, 0.5) is 23.2 Å². The Labute approximate surface area is 163 Å². The first-order valence-electron chi connectivity index (χ1n) is 8.73. The minimum Gasteiger partial charge on any atom is -0.481 e. The second kappa shape index (κ2) is 7.99. The van der Waals surface area contributed by atoms with E-state index in [9.17, 15) is 27.6 Å². The van der Waals surface area contributed by atoms with Gasteiger partial charge in [-0.1, -0.05) is 18.2 Å². The Balaban J connectivity index is 1.87. The maximum atomic E-state index is 14.2. The van der Waals surface area contributed by atoms with Crippen molar-refractivity contribution in [2.24, 2.45) is 0 Å². The number of benzene rings is 2. The van der Waals surface area contributed by atoms with E-state index in [1.807, 2.05) is 12.1 Å². The largest absolute Gasteiger partial charge is 0.573 e. The van der Waals surface area contributed by atoms with E-state index in [4.69, 9.17) is 5.11 Å². The number of carboxylic acid groups (broad SMARTS) is 1. The number of nitriles is 1. The number of ether oxygens (including phenoxy) is 1. The molecule has 1 aliphatic rings. The zero-order valence-electron chi connectivity index (χ0n) is 15.1. The third-order valence-corrected chi connectivity index (χ3v) is 4.64. The van der Waals surface area contributed by atoms with Crippen LogP contribution in [0.3, 0.4) is 0 Å². The lowest BCUT2D eigenvalue weighted by molar-refractivity contribution is -0.274. The average Bonchev–Trinajstić information content (AvgIpc) is 2.64. The van der Waals surface area contributed by atoms with Crippen molar-refractivity contribution in [3.8, 4) is 11.8 Å². The third kappa shape index (κ3) is 4.96. The summed E-state index contributed by atoms with van der Waals surface area (Å²) in [5.41, 5.74) is 2.44. The van der Waals surface area contributed by atoms with Gasteiger partial charge in [0, 0.05) is 31.6 Å². The standard InChI is InChI=1S/C20H16F4N2O3/c21-17-8-15(29-20(22,23)24)9-18(16(17)10-25)26-6-5-13-7-12(2-4-19(27)28)1-3-14(13)11-26/h1,3,7-9H,2,4-6,11H2,(H,27,28). The molecule has 0 radical (unpaired) electrons. The van der Waals surface area contributed by atoms with Gasteiger partial charge in [-0.2, -0.15) is 5.26 Å². The van der Waals surface area contributed by atoms with E-state index in [0.717, 1.165) is 22.8 Å². The van der Waals surface area contributed by atoms with Crippen LogP contribution in [0, 0.1) is 17.1 Å². The third-order valence-electron chi connectivity index (χ3n) is 4.64. The first kappa shape index (κ1) is 20.5. The van der Waals surface area contributed by atoms with Gasteiger partial charge in [-0.15, -0.1) is 13.2 Å². The lowest BCUT2D eigenvalue weighted by Crippen LogP contribution is -2.31. The quantitative estimate of drug-likeness (QED) is 0.752. The smallest absolute Gasteiger partial charge is 0.481 e. The van der Waals surface area contributed by atoms with E-state index in [0.29, 0.717) is 25.5 Å². The fraction of sp³-hybridized carbons (Fsp3) is 0.300. The van der Waals surface area contributed by atoms with E-state index in [2.05, 4.69) is 4.74 Å². The summed E-state index contributed by atoms with van der Waals surface area (Å²) in [5.74, 6) is -2.70. The molecular weight excluding hydrogens is 392 g/mol. The lowest BCUT2D eigenvalue weighted by Gasteiger charge is -2.32. The molecule has 9 heteroatoms. The molecule has 152 valence electrons. The van der Waals surface area contributed by atoms with Gasteiger partial charge in [0.15, 0.2) is 0 Å².